The van der Waals surface area contributed by atoms with E-state index in [2.05, 4.69) is 25.3 Å². The van der Waals surface area contributed by atoms with Gasteiger partial charge in [-0.25, -0.2) is 9.59 Å². The van der Waals surface area contributed by atoms with Crippen molar-refractivity contribution in [3.05, 3.63) is 145 Å². The lowest BCUT2D eigenvalue weighted by Gasteiger charge is -2.02. The van der Waals surface area contributed by atoms with Gasteiger partial charge in [0, 0.05) is 10.6 Å². The summed E-state index contributed by atoms with van der Waals surface area (Å²) in [7, 11) is 0. The Kier molecular flexibility index (Phi) is 12.7. The van der Waals surface area contributed by atoms with Gasteiger partial charge in [-0.1, -0.05) is 96.5 Å². The third-order valence-electron chi connectivity index (χ3n) is 4.00. The Bertz CT molecular complexity index is 1050. The van der Waals surface area contributed by atoms with Crippen LogP contribution in [0.4, 0.5) is 0 Å². The van der Waals surface area contributed by atoms with Gasteiger partial charge in [0.25, 0.3) is 0 Å². The minimum atomic E-state index is -0.879. The zero-order valence-electron chi connectivity index (χ0n) is 18.0. The van der Waals surface area contributed by atoms with Gasteiger partial charge < -0.3 is 10.2 Å². The smallest absolute Gasteiger partial charge is 0.335 e. The highest BCUT2D eigenvalue weighted by Gasteiger charge is 2.00. The van der Waals surface area contributed by atoms with E-state index in [4.69, 9.17) is 21.8 Å². The van der Waals surface area contributed by atoms with Crippen LogP contribution in [0.2, 0.25) is 5.02 Å². The molecule has 0 saturated carbocycles. The second-order valence-electron chi connectivity index (χ2n) is 6.19. The number of halogens is 1. The molecule has 4 nitrogen and oxygen atoms in total. The molecule has 4 aromatic rings. The Morgan fingerprint density at radius 1 is 0.545 bits per heavy atom. The number of hydrogen-bond acceptors (Lipinski definition) is 2. The molecule has 0 aliphatic rings. The molecule has 0 atom stereocenters. The van der Waals surface area contributed by atoms with E-state index in [-0.39, 0.29) is 0 Å². The summed E-state index contributed by atoms with van der Waals surface area (Å²) in [6.45, 7) is 6.00. The Balaban J connectivity index is 0.000000245. The van der Waals surface area contributed by atoms with Gasteiger partial charge in [-0.05, 0) is 35.9 Å². The number of benzene rings is 4. The average Bonchev–Trinajstić information content (AvgIpc) is 2.88. The largest absolute Gasteiger partial charge is 0.478 e. The fourth-order valence-corrected chi connectivity index (χ4v) is 2.72. The normalized spacial score (nSPS) is 8.88. The highest BCUT2D eigenvalue weighted by atomic mass is 35.5. The first-order chi connectivity index (χ1) is 16.0. The SMILES string of the molecule is C=C.Clc1ccccc1-c1ccccc1.O=C(O)c1ccccc1.O=C(O)c1ccccc1. The third-order valence-corrected chi connectivity index (χ3v) is 4.33. The van der Waals surface area contributed by atoms with E-state index in [1.807, 2.05) is 42.5 Å². The molecule has 0 saturated heterocycles. The molecule has 0 amide bonds. The summed E-state index contributed by atoms with van der Waals surface area (Å²) in [5, 5.41) is 17.6. The minimum Gasteiger partial charge on any atom is -0.478 e. The number of carbonyl (C=O) groups is 2. The Morgan fingerprint density at radius 3 is 1.21 bits per heavy atom. The predicted octanol–water partition coefficient (Wildman–Crippen LogP) is 7.58. The molecule has 0 aliphatic carbocycles. The van der Waals surface area contributed by atoms with Crippen molar-refractivity contribution in [3.63, 3.8) is 0 Å². The van der Waals surface area contributed by atoms with Crippen molar-refractivity contribution in [2.45, 2.75) is 0 Å². The summed E-state index contributed by atoms with van der Waals surface area (Å²) in [6, 6.07) is 34.6. The Hall–Kier alpha value is -4.15. The Morgan fingerprint density at radius 2 is 0.879 bits per heavy atom. The lowest BCUT2D eigenvalue weighted by molar-refractivity contribution is 0.0686. The van der Waals surface area contributed by atoms with Crippen LogP contribution in [0.1, 0.15) is 20.7 Å². The maximum absolute atomic E-state index is 10.2. The monoisotopic (exact) mass is 460 g/mol. The maximum atomic E-state index is 10.2. The van der Waals surface area contributed by atoms with Crippen LogP contribution in [0.25, 0.3) is 11.1 Å². The first-order valence-electron chi connectivity index (χ1n) is 9.85. The van der Waals surface area contributed by atoms with Gasteiger partial charge in [0.05, 0.1) is 11.1 Å². The van der Waals surface area contributed by atoms with Crippen LogP contribution in [0.15, 0.2) is 128 Å². The quantitative estimate of drug-likeness (QED) is 0.309. The fourth-order valence-electron chi connectivity index (χ4n) is 2.47. The van der Waals surface area contributed by atoms with E-state index in [0.29, 0.717) is 11.1 Å². The number of rotatable bonds is 3. The number of carboxylic acid groups (broad SMARTS) is 2. The summed E-state index contributed by atoms with van der Waals surface area (Å²) >= 11 is 6.06. The molecule has 4 rings (SSSR count). The summed E-state index contributed by atoms with van der Waals surface area (Å²) < 4.78 is 0. The lowest BCUT2D eigenvalue weighted by atomic mass is 10.1. The second kappa shape index (κ2) is 15.6. The van der Waals surface area contributed by atoms with Crippen LogP contribution in [-0.4, -0.2) is 22.2 Å². The van der Waals surface area contributed by atoms with Crippen LogP contribution in [-0.2, 0) is 0 Å². The van der Waals surface area contributed by atoms with Gasteiger partial charge >= 0.3 is 11.9 Å². The number of carboxylic acids is 2. The van der Waals surface area contributed by atoms with Gasteiger partial charge in [0.1, 0.15) is 0 Å². The lowest BCUT2D eigenvalue weighted by Crippen LogP contribution is -1.93. The van der Waals surface area contributed by atoms with Crippen molar-refractivity contribution in [3.8, 4) is 11.1 Å². The molecule has 0 aliphatic heterocycles. The van der Waals surface area contributed by atoms with Crippen molar-refractivity contribution < 1.29 is 19.8 Å². The first-order valence-corrected chi connectivity index (χ1v) is 10.2. The summed E-state index contributed by atoms with van der Waals surface area (Å²) in [5.41, 5.74) is 2.91. The van der Waals surface area contributed by atoms with Crippen molar-refractivity contribution in [1.82, 2.24) is 0 Å². The summed E-state index contributed by atoms with van der Waals surface area (Å²) in [5.74, 6) is -1.76. The molecule has 0 bridgehead atoms. The van der Waals surface area contributed by atoms with Crippen LogP contribution < -0.4 is 0 Å². The van der Waals surface area contributed by atoms with Crippen LogP contribution in [0, 0.1) is 0 Å². The van der Waals surface area contributed by atoms with E-state index in [0.717, 1.165) is 16.1 Å². The second-order valence-corrected chi connectivity index (χ2v) is 6.60. The fraction of sp³-hybridized carbons (Fsp3) is 0. The number of aromatic carboxylic acids is 2. The topological polar surface area (TPSA) is 74.6 Å². The molecule has 2 N–H and O–H groups in total. The van der Waals surface area contributed by atoms with E-state index >= 15 is 0 Å². The molecular weight excluding hydrogens is 436 g/mol. The van der Waals surface area contributed by atoms with Gasteiger partial charge in [0.2, 0.25) is 0 Å². The predicted molar refractivity (Wildman–Crippen MR) is 135 cm³/mol. The van der Waals surface area contributed by atoms with Crippen molar-refractivity contribution >= 4 is 23.5 Å². The zero-order chi connectivity index (χ0) is 24.5. The summed E-state index contributed by atoms with van der Waals surface area (Å²) in [4.78, 5) is 20.4. The first kappa shape index (κ1) is 26.9. The standard InChI is InChI=1S/C12H9Cl.2C7H6O2.C2H4/c13-12-9-5-4-8-11(12)10-6-2-1-3-7-10;2*8-7(9)6-4-2-1-3-5-6;1-2/h1-9H;2*1-5H,(H,8,9);1-2H2. The molecule has 0 spiro atoms. The van der Waals surface area contributed by atoms with E-state index in [1.165, 1.54) is 0 Å². The molecule has 0 unspecified atom stereocenters. The van der Waals surface area contributed by atoms with E-state index in [1.54, 1.807) is 60.7 Å². The molecule has 4 aromatic carbocycles. The van der Waals surface area contributed by atoms with Crippen molar-refractivity contribution in [2.24, 2.45) is 0 Å². The molecule has 0 radical (unpaired) electrons. The molecule has 168 valence electrons. The average molecular weight is 461 g/mol. The van der Waals surface area contributed by atoms with Gasteiger partial charge in [-0.3, -0.25) is 0 Å². The van der Waals surface area contributed by atoms with Crippen molar-refractivity contribution in [1.29, 1.82) is 0 Å². The van der Waals surface area contributed by atoms with Gasteiger partial charge in [0.15, 0.2) is 0 Å². The van der Waals surface area contributed by atoms with Crippen LogP contribution in [0.5, 0.6) is 0 Å². The van der Waals surface area contributed by atoms with Gasteiger partial charge in [-0.2, -0.15) is 0 Å². The molecular formula is C28H25ClO4. The van der Waals surface area contributed by atoms with E-state index in [9.17, 15) is 9.59 Å². The molecule has 0 fully saturated rings. The highest BCUT2D eigenvalue weighted by molar-refractivity contribution is 6.33. The summed E-state index contributed by atoms with van der Waals surface area (Å²) in [6.07, 6.45) is 0. The third kappa shape index (κ3) is 10.1. The zero-order valence-corrected chi connectivity index (χ0v) is 18.7. The minimum absolute atomic E-state index is 0.331. The molecule has 0 aromatic heterocycles. The van der Waals surface area contributed by atoms with Crippen LogP contribution >= 0.6 is 11.6 Å². The van der Waals surface area contributed by atoms with Crippen LogP contribution in [0.3, 0.4) is 0 Å². The molecule has 5 heteroatoms. The van der Waals surface area contributed by atoms with Gasteiger partial charge in [-0.15, -0.1) is 13.2 Å². The Labute approximate surface area is 199 Å². The van der Waals surface area contributed by atoms with E-state index < -0.39 is 11.9 Å². The number of hydrogen-bond donors (Lipinski definition) is 2. The molecule has 0 heterocycles. The maximum Gasteiger partial charge on any atom is 0.335 e. The highest BCUT2D eigenvalue weighted by Crippen LogP contribution is 2.26. The van der Waals surface area contributed by atoms with Crippen molar-refractivity contribution in [2.75, 3.05) is 0 Å². The molecule has 33 heavy (non-hydrogen) atoms.